The van der Waals surface area contributed by atoms with Crippen molar-refractivity contribution in [1.82, 2.24) is 0 Å². The number of ether oxygens (including phenoxy) is 1. The lowest BCUT2D eigenvalue weighted by Crippen LogP contribution is -2.05. The van der Waals surface area contributed by atoms with Crippen LogP contribution in [0.2, 0.25) is 0 Å². The summed E-state index contributed by atoms with van der Waals surface area (Å²) < 4.78 is 5.15. The molecule has 0 aliphatic heterocycles. The maximum absolute atomic E-state index is 11.4. The van der Waals surface area contributed by atoms with Gasteiger partial charge in [0.15, 0.2) is 5.78 Å². The maximum atomic E-state index is 11.4. The maximum Gasteiger partial charge on any atom is 0.177 e. The topological polar surface area (TPSA) is 26.3 Å². The molecule has 0 amide bonds. The summed E-state index contributed by atoms with van der Waals surface area (Å²) >= 11 is 5.50. The van der Waals surface area contributed by atoms with Crippen molar-refractivity contribution in [3.8, 4) is 5.75 Å². The third kappa shape index (κ3) is 1.90. The van der Waals surface area contributed by atoms with Gasteiger partial charge in [-0.25, -0.2) is 0 Å². The van der Waals surface area contributed by atoms with Crippen LogP contribution in [0.25, 0.3) is 0 Å². The van der Waals surface area contributed by atoms with E-state index >= 15 is 0 Å². The number of alkyl halides is 1. The van der Waals surface area contributed by atoms with Crippen molar-refractivity contribution in [1.29, 1.82) is 0 Å². The van der Waals surface area contributed by atoms with Gasteiger partial charge < -0.3 is 4.74 Å². The molecule has 1 rings (SSSR count). The molecule has 0 spiro atoms. The zero-order chi connectivity index (χ0) is 10.7. The SMILES string of the molecule is COc1ccc(C(=O)CCl)c(C)c1C. The number of carbonyl (C=O) groups excluding carboxylic acids is 1. The average molecular weight is 213 g/mol. The lowest BCUT2D eigenvalue weighted by molar-refractivity contribution is 0.102. The van der Waals surface area contributed by atoms with Crippen LogP contribution < -0.4 is 4.74 Å². The minimum absolute atomic E-state index is 0.0204. The lowest BCUT2D eigenvalue weighted by Gasteiger charge is -2.10. The first-order valence-electron chi connectivity index (χ1n) is 4.35. The van der Waals surface area contributed by atoms with E-state index in [0.717, 1.165) is 16.9 Å². The van der Waals surface area contributed by atoms with Crippen LogP contribution in [0.1, 0.15) is 21.5 Å². The number of halogens is 1. The van der Waals surface area contributed by atoms with Crippen LogP contribution >= 0.6 is 11.6 Å². The van der Waals surface area contributed by atoms with Gasteiger partial charge in [0.05, 0.1) is 13.0 Å². The Bertz CT molecular complexity index is 359. The number of methoxy groups -OCH3 is 1. The van der Waals surface area contributed by atoms with Gasteiger partial charge in [0.2, 0.25) is 0 Å². The van der Waals surface area contributed by atoms with Crippen LogP contribution in [0.5, 0.6) is 5.75 Å². The van der Waals surface area contributed by atoms with E-state index in [2.05, 4.69) is 0 Å². The monoisotopic (exact) mass is 212 g/mol. The van der Waals surface area contributed by atoms with Crippen molar-refractivity contribution in [3.05, 3.63) is 28.8 Å². The van der Waals surface area contributed by atoms with Crippen LogP contribution in [0.3, 0.4) is 0 Å². The Morgan fingerprint density at radius 1 is 1.36 bits per heavy atom. The first kappa shape index (κ1) is 11.1. The molecule has 0 heterocycles. The van der Waals surface area contributed by atoms with Gasteiger partial charge in [-0.05, 0) is 37.1 Å². The number of hydrogen-bond donors (Lipinski definition) is 0. The average Bonchev–Trinajstić information content (AvgIpc) is 2.21. The van der Waals surface area contributed by atoms with E-state index < -0.39 is 0 Å². The number of benzene rings is 1. The fourth-order valence-electron chi connectivity index (χ4n) is 1.39. The Labute approximate surface area is 88.8 Å². The summed E-state index contributed by atoms with van der Waals surface area (Å²) in [4.78, 5) is 11.4. The Balaban J connectivity index is 3.24. The van der Waals surface area contributed by atoms with Gasteiger partial charge in [0.1, 0.15) is 5.75 Å². The highest BCUT2D eigenvalue weighted by molar-refractivity contribution is 6.30. The molecule has 0 atom stereocenters. The first-order valence-corrected chi connectivity index (χ1v) is 4.88. The number of rotatable bonds is 3. The van der Waals surface area contributed by atoms with Gasteiger partial charge >= 0.3 is 0 Å². The minimum Gasteiger partial charge on any atom is -0.496 e. The van der Waals surface area contributed by atoms with Crippen molar-refractivity contribution in [2.45, 2.75) is 13.8 Å². The van der Waals surface area contributed by atoms with E-state index in [1.807, 2.05) is 13.8 Å². The Morgan fingerprint density at radius 3 is 2.50 bits per heavy atom. The van der Waals surface area contributed by atoms with E-state index in [0.29, 0.717) is 5.56 Å². The molecular formula is C11H13ClO2. The number of hydrogen-bond acceptors (Lipinski definition) is 2. The van der Waals surface area contributed by atoms with Crippen LogP contribution in [0.15, 0.2) is 12.1 Å². The molecule has 0 aliphatic rings. The number of Topliss-reactive ketones (excluding diaryl/α,β-unsaturated/α-hetero) is 1. The van der Waals surface area contributed by atoms with Crippen molar-refractivity contribution < 1.29 is 9.53 Å². The summed E-state index contributed by atoms with van der Waals surface area (Å²) in [5, 5.41) is 0. The molecule has 0 aromatic heterocycles. The first-order chi connectivity index (χ1) is 6.61. The molecule has 2 nitrogen and oxygen atoms in total. The Hall–Kier alpha value is -1.02. The van der Waals surface area contributed by atoms with Gasteiger partial charge in [-0.1, -0.05) is 0 Å². The third-order valence-electron chi connectivity index (χ3n) is 2.38. The summed E-state index contributed by atoms with van der Waals surface area (Å²) in [5.74, 6) is 0.774. The lowest BCUT2D eigenvalue weighted by atomic mass is 10.00. The number of ketones is 1. The van der Waals surface area contributed by atoms with E-state index in [1.165, 1.54) is 0 Å². The molecule has 0 unspecified atom stereocenters. The molecular weight excluding hydrogens is 200 g/mol. The smallest absolute Gasteiger partial charge is 0.177 e. The molecule has 0 fully saturated rings. The zero-order valence-corrected chi connectivity index (χ0v) is 9.31. The van der Waals surface area contributed by atoms with Crippen molar-refractivity contribution in [3.63, 3.8) is 0 Å². The number of carbonyl (C=O) groups is 1. The fourth-order valence-corrected chi connectivity index (χ4v) is 1.53. The molecule has 1 aromatic rings. The Morgan fingerprint density at radius 2 is 2.00 bits per heavy atom. The highest BCUT2D eigenvalue weighted by atomic mass is 35.5. The summed E-state index contributed by atoms with van der Waals surface area (Å²) in [6, 6.07) is 3.55. The van der Waals surface area contributed by atoms with E-state index in [4.69, 9.17) is 16.3 Å². The summed E-state index contributed by atoms with van der Waals surface area (Å²) in [5.41, 5.74) is 2.61. The molecule has 0 saturated heterocycles. The molecule has 3 heteroatoms. The van der Waals surface area contributed by atoms with Crippen LogP contribution in [-0.4, -0.2) is 18.8 Å². The third-order valence-corrected chi connectivity index (χ3v) is 2.62. The van der Waals surface area contributed by atoms with Crippen LogP contribution in [0, 0.1) is 13.8 Å². The fraction of sp³-hybridized carbons (Fsp3) is 0.364. The second-order valence-electron chi connectivity index (χ2n) is 3.12. The van der Waals surface area contributed by atoms with Gasteiger partial charge in [-0.15, -0.1) is 11.6 Å². The van der Waals surface area contributed by atoms with Gasteiger partial charge in [-0.2, -0.15) is 0 Å². The second-order valence-corrected chi connectivity index (χ2v) is 3.39. The standard InChI is InChI=1S/C11H13ClO2/c1-7-8(2)11(14-3)5-4-9(7)10(13)6-12/h4-5H,6H2,1-3H3. The predicted octanol–water partition coefficient (Wildman–Crippen LogP) is 2.73. The molecule has 0 saturated carbocycles. The quantitative estimate of drug-likeness (QED) is 0.569. The zero-order valence-electron chi connectivity index (χ0n) is 8.56. The Kier molecular flexibility index (Phi) is 3.53. The minimum atomic E-state index is -0.0464. The largest absolute Gasteiger partial charge is 0.496 e. The van der Waals surface area contributed by atoms with Gasteiger partial charge in [-0.3, -0.25) is 4.79 Å². The van der Waals surface area contributed by atoms with Crippen molar-refractivity contribution in [2.24, 2.45) is 0 Å². The van der Waals surface area contributed by atoms with Crippen molar-refractivity contribution in [2.75, 3.05) is 13.0 Å². The predicted molar refractivity (Wildman–Crippen MR) is 57.5 cm³/mol. The molecule has 14 heavy (non-hydrogen) atoms. The van der Waals surface area contributed by atoms with Crippen molar-refractivity contribution >= 4 is 17.4 Å². The summed E-state index contributed by atoms with van der Waals surface area (Å²) in [7, 11) is 1.62. The normalized spacial score (nSPS) is 10.0. The second kappa shape index (κ2) is 4.47. The van der Waals surface area contributed by atoms with Gasteiger partial charge in [0.25, 0.3) is 0 Å². The van der Waals surface area contributed by atoms with E-state index in [1.54, 1.807) is 19.2 Å². The summed E-state index contributed by atoms with van der Waals surface area (Å²) in [6.45, 7) is 3.83. The molecule has 76 valence electrons. The van der Waals surface area contributed by atoms with E-state index in [-0.39, 0.29) is 11.7 Å². The molecule has 0 N–H and O–H groups in total. The molecule has 1 aromatic carbocycles. The molecule has 0 aliphatic carbocycles. The summed E-state index contributed by atoms with van der Waals surface area (Å²) in [6.07, 6.45) is 0. The molecule has 0 radical (unpaired) electrons. The van der Waals surface area contributed by atoms with E-state index in [9.17, 15) is 4.79 Å². The van der Waals surface area contributed by atoms with Gasteiger partial charge in [0, 0.05) is 5.56 Å². The molecule has 0 bridgehead atoms. The van der Waals surface area contributed by atoms with Crippen LogP contribution in [-0.2, 0) is 0 Å². The highest BCUT2D eigenvalue weighted by Gasteiger charge is 2.11. The van der Waals surface area contributed by atoms with Crippen LogP contribution in [0.4, 0.5) is 0 Å². The highest BCUT2D eigenvalue weighted by Crippen LogP contribution is 2.24.